The van der Waals surface area contributed by atoms with E-state index in [1.807, 2.05) is 0 Å². The Balaban J connectivity index is 2.52. The van der Waals surface area contributed by atoms with Gasteiger partial charge in [-0.3, -0.25) is 0 Å². The number of hydrogen-bond donors (Lipinski definition) is 2. The van der Waals surface area contributed by atoms with Crippen molar-refractivity contribution in [3.05, 3.63) is 27.5 Å². The average molecular weight is 401 g/mol. The molecule has 0 spiro atoms. The molecule has 0 unspecified atom stereocenters. The van der Waals surface area contributed by atoms with Crippen LogP contribution in [-0.4, -0.2) is 36.3 Å². The summed E-state index contributed by atoms with van der Waals surface area (Å²) in [6, 6.07) is 5.06. The first kappa shape index (κ1) is 15.8. The van der Waals surface area contributed by atoms with Crippen LogP contribution in [0.1, 0.15) is 5.69 Å². The minimum atomic E-state index is 0.0523. The second kappa shape index (κ2) is 6.90. The minimum absolute atomic E-state index is 0.0523. The van der Waals surface area contributed by atoms with Crippen LogP contribution < -0.4 is 10.1 Å². The first-order valence-electron chi connectivity index (χ1n) is 6.21. The Morgan fingerprint density at radius 2 is 2.05 bits per heavy atom. The molecular weight excluding hydrogens is 385 g/mol. The van der Waals surface area contributed by atoms with Gasteiger partial charge in [-0.2, -0.15) is 0 Å². The van der Waals surface area contributed by atoms with Crippen LogP contribution in [0, 0.1) is 3.57 Å². The number of halogens is 1. The summed E-state index contributed by atoms with van der Waals surface area (Å²) in [5.74, 6) is 1.71. The Bertz CT molecular complexity index is 650. The predicted molar refractivity (Wildman–Crippen MR) is 88.7 cm³/mol. The molecule has 2 N–H and O–H groups in total. The highest BCUT2D eigenvalue weighted by molar-refractivity contribution is 14.1. The van der Waals surface area contributed by atoms with Crippen LogP contribution in [0.4, 0.5) is 5.82 Å². The summed E-state index contributed by atoms with van der Waals surface area (Å²) in [6.07, 6.45) is 0. The van der Waals surface area contributed by atoms with Gasteiger partial charge in [-0.25, -0.2) is 9.97 Å². The lowest BCUT2D eigenvalue weighted by Crippen LogP contribution is -2.06. The summed E-state index contributed by atoms with van der Waals surface area (Å²) in [4.78, 5) is 8.97. The van der Waals surface area contributed by atoms with Crippen molar-refractivity contribution >= 4 is 28.4 Å². The van der Waals surface area contributed by atoms with Crippen LogP contribution in [0.2, 0.25) is 0 Å². The van der Waals surface area contributed by atoms with Crippen LogP contribution in [-0.2, 0) is 11.3 Å². The second-order valence-electron chi connectivity index (χ2n) is 4.23. The standard InChI is InChI=1S/C14H16IN3O3/c1-16-14-12(15)9(7-20-2)17-13(18-14)8-4-5-11(21-3)10(19)6-8/h4-6,19H,7H2,1-3H3,(H,16,17,18). The maximum Gasteiger partial charge on any atom is 0.162 e. The molecule has 0 bridgehead atoms. The number of aromatic nitrogens is 2. The summed E-state index contributed by atoms with van der Waals surface area (Å²) in [5, 5.41) is 12.9. The maximum absolute atomic E-state index is 9.88. The van der Waals surface area contributed by atoms with E-state index in [4.69, 9.17) is 9.47 Å². The first-order chi connectivity index (χ1) is 10.1. The Labute approximate surface area is 136 Å². The van der Waals surface area contributed by atoms with Gasteiger partial charge >= 0.3 is 0 Å². The van der Waals surface area contributed by atoms with Gasteiger partial charge in [0, 0.05) is 19.7 Å². The normalized spacial score (nSPS) is 10.5. The lowest BCUT2D eigenvalue weighted by molar-refractivity contribution is 0.181. The summed E-state index contributed by atoms with van der Waals surface area (Å²) in [6.45, 7) is 0.393. The third-order valence-corrected chi connectivity index (χ3v) is 4.01. The summed E-state index contributed by atoms with van der Waals surface area (Å²) >= 11 is 2.18. The van der Waals surface area contributed by atoms with E-state index in [1.165, 1.54) is 7.11 Å². The van der Waals surface area contributed by atoms with Crippen LogP contribution in [0.25, 0.3) is 11.4 Å². The van der Waals surface area contributed by atoms with E-state index in [2.05, 4.69) is 37.9 Å². The zero-order valence-corrected chi connectivity index (χ0v) is 14.1. The van der Waals surface area contributed by atoms with Gasteiger partial charge in [-0.05, 0) is 40.8 Å². The SMILES string of the molecule is CNc1nc(-c2ccc(OC)c(O)c2)nc(COC)c1I. The quantitative estimate of drug-likeness (QED) is 0.751. The summed E-state index contributed by atoms with van der Waals surface area (Å²) in [7, 11) is 4.93. The molecule has 0 amide bonds. The van der Waals surface area contributed by atoms with Gasteiger partial charge in [0.25, 0.3) is 0 Å². The highest BCUT2D eigenvalue weighted by Gasteiger charge is 2.14. The fourth-order valence-electron chi connectivity index (χ4n) is 1.85. The number of hydrogen-bond acceptors (Lipinski definition) is 6. The van der Waals surface area contributed by atoms with E-state index in [0.717, 1.165) is 15.1 Å². The number of aromatic hydroxyl groups is 1. The number of benzene rings is 1. The molecule has 112 valence electrons. The Hall–Kier alpha value is -1.61. The lowest BCUT2D eigenvalue weighted by Gasteiger charge is -2.11. The molecule has 0 atom stereocenters. The second-order valence-corrected chi connectivity index (χ2v) is 5.30. The first-order valence-corrected chi connectivity index (χ1v) is 7.29. The van der Waals surface area contributed by atoms with E-state index < -0.39 is 0 Å². The molecule has 0 saturated heterocycles. The lowest BCUT2D eigenvalue weighted by atomic mass is 10.2. The van der Waals surface area contributed by atoms with E-state index >= 15 is 0 Å². The number of anilines is 1. The van der Waals surface area contributed by atoms with Crippen molar-refractivity contribution in [1.29, 1.82) is 0 Å². The van der Waals surface area contributed by atoms with Crippen LogP contribution in [0.3, 0.4) is 0 Å². The number of phenolic OH excluding ortho intramolecular Hbond substituents is 1. The molecule has 2 rings (SSSR count). The van der Waals surface area contributed by atoms with E-state index in [0.29, 0.717) is 23.7 Å². The molecule has 0 fully saturated rings. The molecule has 1 aromatic heterocycles. The van der Waals surface area contributed by atoms with Gasteiger partial charge < -0.3 is 19.9 Å². The minimum Gasteiger partial charge on any atom is -0.504 e. The molecule has 6 nitrogen and oxygen atoms in total. The Morgan fingerprint density at radius 3 is 2.62 bits per heavy atom. The number of nitrogens with zero attached hydrogens (tertiary/aromatic N) is 2. The van der Waals surface area contributed by atoms with Crippen molar-refractivity contribution in [2.24, 2.45) is 0 Å². The third-order valence-electron chi connectivity index (χ3n) is 2.87. The van der Waals surface area contributed by atoms with E-state index in [1.54, 1.807) is 32.4 Å². The van der Waals surface area contributed by atoms with E-state index in [9.17, 15) is 5.11 Å². The molecule has 21 heavy (non-hydrogen) atoms. The van der Waals surface area contributed by atoms with Crippen molar-refractivity contribution in [3.8, 4) is 22.9 Å². The molecule has 1 aromatic carbocycles. The van der Waals surface area contributed by atoms with Gasteiger partial charge in [-0.15, -0.1) is 0 Å². The van der Waals surface area contributed by atoms with Crippen molar-refractivity contribution in [2.75, 3.05) is 26.6 Å². The Kier molecular flexibility index (Phi) is 5.18. The number of methoxy groups -OCH3 is 2. The average Bonchev–Trinajstić information content (AvgIpc) is 2.49. The van der Waals surface area contributed by atoms with Crippen molar-refractivity contribution < 1.29 is 14.6 Å². The zero-order chi connectivity index (χ0) is 15.4. The van der Waals surface area contributed by atoms with Gasteiger partial charge in [0.1, 0.15) is 5.82 Å². The largest absolute Gasteiger partial charge is 0.504 e. The molecule has 0 aliphatic heterocycles. The van der Waals surface area contributed by atoms with E-state index in [-0.39, 0.29) is 5.75 Å². The zero-order valence-electron chi connectivity index (χ0n) is 12.0. The van der Waals surface area contributed by atoms with Crippen LogP contribution in [0.15, 0.2) is 18.2 Å². The summed E-state index contributed by atoms with van der Waals surface area (Å²) in [5.41, 5.74) is 1.50. The molecule has 0 saturated carbocycles. The van der Waals surface area contributed by atoms with Gasteiger partial charge in [0.2, 0.25) is 0 Å². The highest BCUT2D eigenvalue weighted by atomic mass is 127. The predicted octanol–water partition coefficient (Wildman–Crippen LogP) is 2.65. The molecule has 2 aromatic rings. The number of ether oxygens (including phenoxy) is 2. The maximum atomic E-state index is 9.88. The molecule has 7 heteroatoms. The van der Waals surface area contributed by atoms with Crippen LogP contribution in [0.5, 0.6) is 11.5 Å². The van der Waals surface area contributed by atoms with Crippen molar-refractivity contribution in [1.82, 2.24) is 9.97 Å². The van der Waals surface area contributed by atoms with Crippen molar-refractivity contribution in [2.45, 2.75) is 6.61 Å². The van der Waals surface area contributed by atoms with Gasteiger partial charge in [-0.1, -0.05) is 0 Å². The molecule has 1 heterocycles. The molecule has 0 radical (unpaired) electrons. The monoisotopic (exact) mass is 401 g/mol. The number of nitrogens with one attached hydrogen (secondary N) is 1. The van der Waals surface area contributed by atoms with Gasteiger partial charge in [0.05, 0.1) is 23.0 Å². The molecule has 0 aliphatic rings. The number of phenols is 1. The fraction of sp³-hybridized carbons (Fsp3) is 0.286. The van der Waals surface area contributed by atoms with Crippen LogP contribution >= 0.6 is 22.6 Å². The summed E-state index contributed by atoms with van der Waals surface area (Å²) < 4.78 is 11.1. The van der Waals surface area contributed by atoms with Crippen molar-refractivity contribution in [3.63, 3.8) is 0 Å². The smallest absolute Gasteiger partial charge is 0.162 e. The number of rotatable bonds is 5. The highest BCUT2D eigenvalue weighted by Crippen LogP contribution is 2.31. The Morgan fingerprint density at radius 1 is 1.29 bits per heavy atom. The fourth-order valence-corrected chi connectivity index (χ4v) is 2.52. The molecule has 0 aliphatic carbocycles. The third kappa shape index (κ3) is 3.35. The topological polar surface area (TPSA) is 76.5 Å². The van der Waals surface area contributed by atoms with Gasteiger partial charge in [0.15, 0.2) is 17.3 Å². The molecular formula is C14H16IN3O3.